The Kier molecular flexibility index (Phi) is 5.26. The molecule has 0 aliphatic carbocycles. The van der Waals surface area contributed by atoms with Gasteiger partial charge in [0.25, 0.3) is 5.91 Å². The van der Waals surface area contributed by atoms with Crippen LogP contribution in [0.15, 0.2) is 54.6 Å². The number of piperazine rings is 1. The number of anilines is 1. The summed E-state index contributed by atoms with van der Waals surface area (Å²) in [4.78, 5) is 16.8. The molecule has 126 valence electrons. The highest BCUT2D eigenvalue weighted by molar-refractivity contribution is 6.32. The third-order valence-corrected chi connectivity index (χ3v) is 4.51. The molecule has 0 spiro atoms. The summed E-state index contributed by atoms with van der Waals surface area (Å²) in [5.74, 6) is 0.547. The molecule has 2 aromatic carbocycles. The normalized spacial score (nSPS) is 15.9. The van der Waals surface area contributed by atoms with Gasteiger partial charge in [0.05, 0.1) is 5.02 Å². The van der Waals surface area contributed by atoms with Crippen molar-refractivity contribution in [3.05, 3.63) is 59.6 Å². The van der Waals surface area contributed by atoms with Crippen molar-refractivity contribution in [3.8, 4) is 5.75 Å². The molecule has 4 nitrogen and oxygen atoms in total. The van der Waals surface area contributed by atoms with Gasteiger partial charge in [0.2, 0.25) is 0 Å². The largest absolute Gasteiger partial charge is 0.479 e. The smallest absolute Gasteiger partial charge is 0.263 e. The van der Waals surface area contributed by atoms with Crippen molar-refractivity contribution < 1.29 is 9.53 Å². The molecule has 0 saturated carbocycles. The number of halogens is 1. The Labute approximate surface area is 147 Å². The van der Waals surface area contributed by atoms with Gasteiger partial charge in [0, 0.05) is 31.9 Å². The maximum atomic E-state index is 12.6. The number of nitrogens with zero attached hydrogens (tertiary/aromatic N) is 2. The lowest BCUT2D eigenvalue weighted by atomic mass is 10.2. The van der Waals surface area contributed by atoms with E-state index < -0.39 is 6.10 Å². The van der Waals surface area contributed by atoms with Crippen LogP contribution in [0.4, 0.5) is 5.69 Å². The molecule has 0 aromatic heterocycles. The topological polar surface area (TPSA) is 32.8 Å². The van der Waals surface area contributed by atoms with Crippen molar-refractivity contribution in [1.29, 1.82) is 0 Å². The van der Waals surface area contributed by atoms with E-state index in [1.807, 2.05) is 35.2 Å². The predicted octanol–water partition coefficient (Wildman–Crippen LogP) is 3.46. The number of rotatable bonds is 4. The Morgan fingerprint density at radius 3 is 2.29 bits per heavy atom. The van der Waals surface area contributed by atoms with Gasteiger partial charge in [0.1, 0.15) is 5.75 Å². The number of amides is 1. The van der Waals surface area contributed by atoms with Crippen molar-refractivity contribution in [2.24, 2.45) is 0 Å². The summed E-state index contributed by atoms with van der Waals surface area (Å²) < 4.78 is 5.73. The Bertz CT molecular complexity index is 685. The molecule has 1 unspecified atom stereocenters. The first-order chi connectivity index (χ1) is 11.6. The molecule has 1 fully saturated rings. The van der Waals surface area contributed by atoms with Crippen LogP contribution in [0.3, 0.4) is 0 Å². The van der Waals surface area contributed by atoms with Crippen LogP contribution in [0.5, 0.6) is 5.75 Å². The number of hydrogen-bond acceptors (Lipinski definition) is 3. The van der Waals surface area contributed by atoms with Gasteiger partial charge in [-0.15, -0.1) is 0 Å². The maximum Gasteiger partial charge on any atom is 0.263 e. The molecule has 1 aliphatic heterocycles. The van der Waals surface area contributed by atoms with E-state index in [9.17, 15) is 4.79 Å². The van der Waals surface area contributed by atoms with Gasteiger partial charge >= 0.3 is 0 Å². The molecule has 1 amide bonds. The van der Waals surface area contributed by atoms with Gasteiger partial charge in [-0.1, -0.05) is 41.9 Å². The fourth-order valence-corrected chi connectivity index (χ4v) is 3.04. The van der Waals surface area contributed by atoms with Crippen LogP contribution in [0.2, 0.25) is 5.02 Å². The zero-order valence-corrected chi connectivity index (χ0v) is 14.4. The number of benzene rings is 2. The fourth-order valence-electron chi connectivity index (χ4n) is 2.86. The first-order valence-corrected chi connectivity index (χ1v) is 8.53. The van der Waals surface area contributed by atoms with Gasteiger partial charge in [-0.2, -0.15) is 0 Å². The highest BCUT2D eigenvalue weighted by atomic mass is 35.5. The van der Waals surface area contributed by atoms with E-state index in [1.54, 1.807) is 19.1 Å². The van der Waals surface area contributed by atoms with E-state index in [1.165, 1.54) is 5.69 Å². The average Bonchev–Trinajstić information content (AvgIpc) is 2.64. The van der Waals surface area contributed by atoms with E-state index >= 15 is 0 Å². The summed E-state index contributed by atoms with van der Waals surface area (Å²) in [6, 6.07) is 17.5. The quantitative estimate of drug-likeness (QED) is 0.851. The summed E-state index contributed by atoms with van der Waals surface area (Å²) >= 11 is 6.09. The summed E-state index contributed by atoms with van der Waals surface area (Å²) in [5.41, 5.74) is 1.20. The summed E-state index contributed by atoms with van der Waals surface area (Å²) in [6.45, 7) is 4.83. The van der Waals surface area contributed by atoms with Crippen LogP contribution >= 0.6 is 11.6 Å². The minimum Gasteiger partial charge on any atom is -0.479 e. The van der Waals surface area contributed by atoms with Crippen LogP contribution in [-0.2, 0) is 4.79 Å². The van der Waals surface area contributed by atoms with Gasteiger partial charge in [0.15, 0.2) is 6.10 Å². The van der Waals surface area contributed by atoms with E-state index in [0.29, 0.717) is 23.9 Å². The van der Waals surface area contributed by atoms with E-state index in [2.05, 4.69) is 17.0 Å². The van der Waals surface area contributed by atoms with Crippen molar-refractivity contribution in [2.75, 3.05) is 31.1 Å². The monoisotopic (exact) mass is 344 g/mol. The highest BCUT2D eigenvalue weighted by Crippen LogP contribution is 2.25. The lowest BCUT2D eigenvalue weighted by Crippen LogP contribution is -2.52. The van der Waals surface area contributed by atoms with Crippen LogP contribution < -0.4 is 9.64 Å². The van der Waals surface area contributed by atoms with Crippen LogP contribution in [0.1, 0.15) is 6.92 Å². The Hall–Kier alpha value is -2.20. The van der Waals surface area contributed by atoms with Crippen LogP contribution in [-0.4, -0.2) is 43.1 Å². The standard InChI is InChI=1S/C19H21ClN2O2/c1-15(24-18-10-6-5-9-17(18)20)19(23)22-13-11-21(12-14-22)16-7-3-2-4-8-16/h2-10,15H,11-14H2,1H3. The molecule has 2 aromatic rings. The highest BCUT2D eigenvalue weighted by Gasteiger charge is 2.26. The molecule has 1 atom stereocenters. The molecule has 0 N–H and O–H groups in total. The van der Waals surface area contributed by atoms with E-state index in [4.69, 9.17) is 16.3 Å². The third kappa shape index (κ3) is 3.82. The Morgan fingerprint density at radius 1 is 1.00 bits per heavy atom. The van der Waals surface area contributed by atoms with Crippen molar-refractivity contribution in [3.63, 3.8) is 0 Å². The molecular weight excluding hydrogens is 324 g/mol. The second kappa shape index (κ2) is 7.58. The molecule has 1 heterocycles. The van der Waals surface area contributed by atoms with Crippen molar-refractivity contribution in [1.82, 2.24) is 4.90 Å². The molecule has 5 heteroatoms. The number of hydrogen-bond donors (Lipinski definition) is 0. The average molecular weight is 345 g/mol. The van der Waals surface area contributed by atoms with E-state index in [0.717, 1.165) is 13.1 Å². The third-order valence-electron chi connectivity index (χ3n) is 4.20. The zero-order chi connectivity index (χ0) is 16.9. The first kappa shape index (κ1) is 16.7. The first-order valence-electron chi connectivity index (χ1n) is 8.15. The Morgan fingerprint density at radius 2 is 1.62 bits per heavy atom. The minimum absolute atomic E-state index is 0.00244. The van der Waals surface area contributed by atoms with Gasteiger partial charge in [-0.25, -0.2) is 0 Å². The van der Waals surface area contributed by atoms with Crippen LogP contribution in [0.25, 0.3) is 0 Å². The fraction of sp³-hybridized carbons (Fsp3) is 0.316. The van der Waals surface area contributed by atoms with Gasteiger partial charge in [-0.3, -0.25) is 4.79 Å². The SMILES string of the molecule is CC(Oc1ccccc1Cl)C(=O)N1CCN(c2ccccc2)CC1. The van der Waals surface area contributed by atoms with Gasteiger partial charge < -0.3 is 14.5 Å². The number of carbonyl (C=O) groups excluding carboxylic acids is 1. The lowest BCUT2D eigenvalue weighted by Gasteiger charge is -2.37. The molecule has 3 rings (SSSR count). The minimum atomic E-state index is -0.548. The number of carbonyl (C=O) groups is 1. The second-order valence-electron chi connectivity index (χ2n) is 5.84. The number of ether oxygens (including phenoxy) is 1. The van der Waals surface area contributed by atoms with Crippen molar-refractivity contribution in [2.45, 2.75) is 13.0 Å². The summed E-state index contributed by atoms with van der Waals surface area (Å²) in [5, 5.41) is 0.519. The molecule has 1 aliphatic rings. The Balaban J connectivity index is 1.56. The molecule has 1 saturated heterocycles. The van der Waals surface area contributed by atoms with E-state index in [-0.39, 0.29) is 5.91 Å². The molecule has 24 heavy (non-hydrogen) atoms. The zero-order valence-electron chi connectivity index (χ0n) is 13.7. The summed E-state index contributed by atoms with van der Waals surface area (Å²) in [6.07, 6.45) is -0.548. The predicted molar refractivity (Wildman–Crippen MR) is 96.8 cm³/mol. The molecule has 0 bridgehead atoms. The molecular formula is C19H21ClN2O2. The van der Waals surface area contributed by atoms with Crippen molar-refractivity contribution >= 4 is 23.2 Å². The maximum absolute atomic E-state index is 12.6. The summed E-state index contributed by atoms with van der Waals surface area (Å²) in [7, 11) is 0. The van der Waals surface area contributed by atoms with Crippen LogP contribution in [0, 0.1) is 0 Å². The lowest BCUT2D eigenvalue weighted by molar-refractivity contribution is -0.138. The number of para-hydroxylation sites is 2. The van der Waals surface area contributed by atoms with Gasteiger partial charge in [-0.05, 0) is 31.2 Å². The second-order valence-corrected chi connectivity index (χ2v) is 6.25. The molecule has 0 radical (unpaired) electrons.